The summed E-state index contributed by atoms with van der Waals surface area (Å²) in [7, 11) is 3.54. The van der Waals surface area contributed by atoms with Gasteiger partial charge in [0.25, 0.3) is 11.5 Å². The van der Waals surface area contributed by atoms with Crippen LogP contribution in [0, 0.1) is 0 Å². The Labute approximate surface area is 242 Å². The number of hydrogen-bond donors (Lipinski definition) is 1. The smallest absolute Gasteiger partial charge is 0.490 e. The highest BCUT2D eigenvalue weighted by atomic mass is 32.1. The van der Waals surface area contributed by atoms with E-state index < -0.39 is 12.1 Å². The van der Waals surface area contributed by atoms with E-state index in [1.54, 1.807) is 24.3 Å². The minimum Gasteiger partial charge on any atom is -0.494 e. The number of rotatable bonds is 5. The Hall–Kier alpha value is -4.23. The number of benzene rings is 2. The molecule has 13 heteroatoms. The zero-order valence-electron chi connectivity index (χ0n) is 22.8. The number of amides is 1. The minimum absolute atomic E-state index is 0.0972. The fraction of sp³-hybridized carbons (Fsp3) is 0.310. The number of carbonyl (C=O) groups is 3. The van der Waals surface area contributed by atoms with Gasteiger partial charge in [0, 0.05) is 30.6 Å². The van der Waals surface area contributed by atoms with Crippen LogP contribution in [0.1, 0.15) is 26.5 Å². The Morgan fingerprint density at radius 2 is 1.62 bits per heavy atom. The first-order chi connectivity index (χ1) is 19.9. The Balaban J connectivity index is 0.000000517. The molecule has 4 aromatic rings. The van der Waals surface area contributed by atoms with Gasteiger partial charge < -0.3 is 19.6 Å². The van der Waals surface area contributed by atoms with Gasteiger partial charge in [0.1, 0.15) is 10.3 Å². The number of para-hydroxylation sites is 1. The molecule has 222 valence electrons. The van der Waals surface area contributed by atoms with E-state index in [0.717, 1.165) is 24.9 Å². The maximum atomic E-state index is 13.8. The second-order valence-electron chi connectivity index (χ2n) is 9.62. The number of thiophene rings is 1. The molecule has 1 amide bonds. The van der Waals surface area contributed by atoms with Gasteiger partial charge in [-0.15, -0.1) is 11.3 Å². The normalized spacial score (nSPS) is 14.3. The van der Waals surface area contributed by atoms with E-state index in [2.05, 4.69) is 11.9 Å². The summed E-state index contributed by atoms with van der Waals surface area (Å²) >= 11 is 1.30. The molecule has 1 N–H and O–H groups in total. The van der Waals surface area contributed by atoms with Crippen molar-refractivity contribution in [2.24, 2.45) is 0 Å². The molecule has 5 rings (SSSR count). The van der Waals surface area contributed by atoms with Crippen LogP contribution in [0.5, 0.6) is 5.75 Å². The molecule has 42 heavy (non-hydrogen) atoms. The number of carboxylic acids is 1. The van der Waals surface area contributed by atoms with Crippen LogP contribution >= 0.6 is 11.3 Å². The van der Waals surface area contributed by atoms with Gasteiger partial charge in [-0.25, -0.2) is 4.79 Å². The van der Waals surface area contributed by atoms with E-state index in [1.165, 1.54) is 23.0 Å². The second-order valence-corrected chi connectivity index (χ2v) is 10.6. The third-order valence-corrected chi connectivity index (χ3v) is 8.00. The average molecular weight is 604 g/mol. The lowest BCUT2D eigenvalue weighted by Crippen LogP contribution is -2.34. The number of carbonyl (C=O) groups excluding carboxylic acids is 2. The molecule has 0 bridgehead atoms. The van der Waals surface area contributed by atoms with Crippen molar-refractivity contribution in [3.8, 4) is 5.75 Å². The van der Waals surface area contributed by atoms with Crippen molar-refractivity contribution in [2.45, 2.75) is 19.1 Å². The predicted molar refractivity (Wildman–Crippen MR) is 153 cm³/mol. The molecule has 0 saturated carbocycles. The SMILES string of the molecule is COc1c(C(=O)N2CCCN(C)CC2)sc2c1c(=O)n(CC(=O)c1ccccc1)c1ccccc21.O=C(O)C(F)(F)F. The summed E-state index contributed by atoms with van der Waals surface area (Å²) in [6.07, 6.45) is -4.19. The number of ketones is 1. The lowest BCUT2D eigenvalue weighted by atomic mass is 10.1. The standard InChI is InChI=1S/C27H27N3O4S.C2HF3O2/c1-28-13-8-14-29(16-15-28)27(33)25-23(34-2)22-24(35-25)19-11-6-7-12-20(19)30(26(22)32)17-21(31)18-9-4-3-5-10-18;3-2(4,5)1(6)7/h3-7,9-12H,8,13-17H2,1-2H3;(H,6,7). The van der Waals surface area contributed by atoms with Gasteiger partial charge in [0.15, 0.2) is 11.5 Å². The van der Waals surface area contributed by atoms with Crippen LogP contribution in [0.3, 0.4) is 0 Å². The van der Waals surface area contributed by atoms with Crippen LogP contribution in [-0.2, 0) is 11.3 Å². The number of carboxylic acid groups (broad SMARTS) is 1. The molecule has 1 aliphatic heterocycles. The topological polar surface area (TPSA) is 109 Å². The number of likely N-dealkylation sites (N-methyl/N-ethyl adjacent to an activating group) is 1. The van der Waals surface area contributed by atoms with Gasteiger partial charge in [-0.05, 0) is 26.1 Å². The number of fused-ring (bicyclic) bond motifs is 3. The number of alkyl halides is 3. The number of aromatic nitrogens is 1. The van der Waals surface area contributed by atoms with Gasteiger partial charge >= 0.3 is 12.1 Å². The number of aliphatic carboxylic acids is 1. The van der Waals surface area contributed by atoms with E-state index in [9.17, 15) is 27.6 Å². The number of Topliss-reactive ketones (excluding diaryl/α,β-unsaturated/α-hetero) is 1. The van der Waals surface area contributed by atoms with Crippen LogP contribution in [0.15, 0.2) is 59.4 Å². The van der Waals surface area contributed by atoms with Crippen LogP contribution < -0.4 is 10.3 Å². The largest absolute Gasteiger partial charge is 0.494 e. The van der Waals surface area contributed by atoms with Gasteiger partial charge in [0.05, 0.1) is 23.9 Å². The summed E-state index contributed by atoms with van der Waals surface area (Å²) in [5.41, 5.74) is 0.877. The fourth-order valence-corrected chi connectivity index (χ4v) is 5.95. The summed E-state index contributed by atoms with van der Waals surface area (Å²) in [5, 5.41) is 8.30. The number of hydrogen-bond acceptors (Lipinski definition) is 7. The first-order valence-electron chi connectivity index (χ1n) is 12.9. The van der Waals surface area contributed by atoms with Crippen LogP contribution in [-0.4, -0.2) is 83.6 Å². The van der Waals surface area contributed by atoms with Gasteiger partial charge in [-0.3, -0.25) is 19.0 Å². The molecule has 1 saturated heterocycles. The summed E-state index contributed by atoms with van der Waals surface area (Å²) in [6, 6.07) is 16.5. The highest BCUT2D eigenvalue weighted by Crippen LogP contribution is 2.40. The molecule has 0 spiro atoms. The molecular weight excluding hydrogens is 575 g/mol. The average Bonchev–Trinajstić information content (AvgIpc) is 3.23. The third-order valence-electron chi connectivity index (χ3n) is 6.81. The summed E-state index contributed by atoms with van der Waals surface area (Å²) in [4.78, 5) is 53.8. The minimum atomic E-state index is -5.08. The number of ether oxygens (including phenoxy) is 1. The highest BCUT2D eigenvalue weighted by molar-refractivity contribution is 7.22. The van der Waals surface area contributed by atoms with Crippen LogP contribution in [0.4, 0.5) is 13.2 Å². The second kappa shape index (κ2) is 12.7. The summed E-state index contributed by atoms with van der Waals surface area (Å²) in [5.74, 6) is -2.73. The molecule has 0 radical (unpaired) electrons. The zero-order valence-corrected chi connectivity index (χ0v) is 23.6. The molecule has 1 fully saturated rings. The maximum absolute atomic E-state index is 13.8. The Kier molecular flexibility index (Phi) is 9.32. The summed E-state index contributed by atoms with van der Waals surface area (Å²) in [6.45, 7) is 2.94. The molecule has 2 aromatic carbocycles. The molecule has 0 unspecified atom stereocenters. The number of pyridine rings is 1. The van der Waals surface area contributed by atoms with E-state index >= 15 is 0 Å². The summed E-state index contributed by atoms with van der Waals surface area (Å²) < 4.78 is 39.6. The molecule has 0 atom stereocenters. The monoisotopic (exact) mass is 603 g/mol. The van der Waals surface area contributed by atoms with E-state index in [0.29, 0.717) is 44.9 Å². The molecular formula is C29H28F3N3O6S. The number of halogens is 3. The van der Waals surface area contributed by atoms with Crippen LogP contribution in [0.2, 0.25) is 0 Å². The van der Waals surface area contributed by atoms with E-state index in [4.69, 9.17) is 14.6 Å². The van der Waals surface area contributed by atoms with Crippen molar-refractivity contribution < 1.29 is 37.4 Å². The van der Waals surface area contributed by atoms with Crippen molar-refractivity contribution >= 4 is 50.0 Å². The molecule has 9 nitrogen and oxygen atoms in total. The number of nitrogens with zero attached hydrogens (tertiary/aromatic N) is 3. The van der Waals surface area contributed by atoms with Gasteiger partial charge in [0.2, 0.25) is 0 Å². The third kappa shape index (κ3) is 6.47. The lowest BCUT2D eigenvalue weighted by Gasteiger charge is -2.20. The quantitative estimate of drug-likeness (QED) is 0.334. The van der Waals surface area contributed by atoms with Crippen molar-refractivity contribution in [3.05, 3.63) is 75.4 Å². The Bertz CT molecular complexity index is 1680. The maximum Gasteiger partial charge on any atom is 0.490 e. The van der Waals surface area contributed by atoms with Crippen molar-refractivity contribution in [1.29, 1.82) is 0 Å². The van der Waals surface area contributed by atoms with Crippen LogP contribution in [0.25, 0.3) is 21.0 Å². The zero-order chi connectivity index (χ0) is 30.6. The lowest BCUT2D eigenvalue weighted by molar-refractivity contribution is -0.192. The first-order valence-corrected chi connectivity index (χ1v) is 13.7. The van der Waals surface area contributed by atoms with E-state index in [1.807, 2.05) is 35.2 Å². The van der Waals surface area contributed by atoms with Crippen molar-refractivity contribution in [1.82, 2.24) is 14.4 Å². The molecule has 2 aromatic heterocycles. The van der Waals surface area contributed by atoms with Gasteiger partial charge in [-0.2, -0.15) is 13.2 Å². The highest BCUT2D eigenvalue weighted by Gasteiger charge is 2.38. The molecule has 3 heterocycles. The Morgan fingerprint density at radius 3 is 2.26 bits per heavy atom. The van der Waals surface area contributed by atoms with E-state index in [-0.39, 0.29) is 23.8 Å². The predicted octanol–water partition coefficient (Wildman–Crippen LogP) is 4.52. The number of methoxy groups -OCH3 is 1. The van der Waals surface area contributed by atoms with Gasteiger partial charge in [-0.1, -0.05) is 48.5 Å². The first kappa shape index (κ1) is 30.7. The van der Waals surface area contributed by atoms with Crippen molar-refractivity contribution in [2.75, 3.05) is 40.3 Å². The van der Waals surface area contributed by atoms with Crippen molar-refractivity contribution in [3.63, 3.8) is 0 Å². The molecule has 0 aliphatic carbocycles. The molecule has 1 aliphatic rings. The Morgan fingerprint density at radius 1 is 0.976 bits per heavy atom. The fourth-order valence-electron chi connectivity index (χ4n) is 4.69.